The van der Waals surface area contributed by atoms with Gasteiger partial charge in [0.1, 0.15) is 15.7 Å². The summed E-state index contributed by atoms with van der Waals surface area (Å²) in [5.41, 5.74) is 7.89. The molecule has 0 bridgehead atoms. The average molecular weight is 986 g/mol. The highest BCUT2D eigenvalue weighted by molar-refractivity contribution is 6.33. The Labute approximate surface area is 401 Å². The van der Waals surface area contributed by atoms with Crippen molar-refractivity contribution in [2.24, 2.45) is 0 Å². The number of hydrogen-bond donors (Lipinski definition) is 4. The predicted molar refractivity (Wildman–Crippen MR) is 256 cm³/mol. The Hall–Kier alpha value is -7.06. The maximum Gasteiger partial charge on any atom is 0.338 e. The molecule has 6 rings (SSSR count). The first-order valence-corrected chi connectivity index (χ1v) is 22.5. The van der Waals surface area contributed by atoms with Crippen LogP contribution < -0.4 is 16.4 Å². The van der Waals surface area contributed by atoms with Crippen molar-refractivity contribution in [3.05, 3.63) is 135 Å². The summed E-state index contributed by atoms with van der Waals surface area (Å²) in [7, 11) is 0. The van der Waals surface area contributed by atoms with Crippen LogP contribution >= 0.6 is 23.2 Å². The first kappa shape index (κ1) is 55.3. The van der Waals surface area contributed by atoms with Crippen molar-refractivity contribution >= 4 is 81.2 Å². The van der Waals surface area contributed by atoms with Crippen molar-refractivity contribution in [3.8, 4) is 0 Å². The molecular formula is C46H54Cl2N6O14. The molecule has 5 N–H and O–H groups in total. The smallest absolute Gasteiger partial charge is 0.338 e. The van der Waals surface area contributed by atoms with E-state index in [1.807, 2.05) is 6.07 Å². The minimum absolute atomic E-state index is 0.00644. The van der Waals surface area contributed by atoms with Gasteiger partial charge in [-0.15, -0.1) is 0 Å². The van der Waals surface area contributed by atoms with Crippen LogP contribution in [-0.4, -0.2) is 75.7 Å². The highest BCUT2D eigenvalue weighted by atomic mass is 35.5. The number of nitrogens with one attached hydrogen (secondary N) is 2. The number of anilines is 3. The Bertz CT molecular complexity index is 2410. The number of carboxylic acids is 1. The van der Waals surface area contributed by atoms with Gasteiger partial charge < -0.3 is 35.7 Å². The van der Waals surface area contributed by atoms with Crippen molar-refractivity contribution in [3.63, 3.8) is 0 Å². The Balaban J connectivity index is 0.000000244. The number of halogens is 2. The monoisotopic (exact) mass is 984 g/mol. The van der Waals surface area contributed by atoms with E-state index in [0.29, 0.717) is 29.6 Å². The van der Waals surface area contributed by atoms with E-state index in [-0.39, 0.29) is 63.3 Å². The molecule has 4 aromatic rings. The lowest BCUT2D eigenvalue weighted by Crippen LogP contribution is -2.22. The molecule has 2 saturated carbocycles. The third-order valence-electron chi connectivity index (χ3n) is 10.2. The van der Waals surface area contributed by atoms with Gasteiger partial charge in [-0.05, 0) is 101 Å². The van der Waals surface area contributed by atoms with Crippen molar-refractivity contribution in [1.82, 2.24) is 0 Å². The molecule has 0 radical (unpaired) electrons. The van der Waals surface area contributed by atoms with Gasteiger partial charge in [-0.1, -0.05) is 61.7 Å². The highest BCUT2D eigenvalue weighted by Crippen LogP contribution is 2.31. The molecule has 0 amide bonds. The molecule has 0 aromatic heterocycles. The molecule has 0 heterocycles. The molecule has 2 aliphatic carbocycles. The standard InChI is InChI=1S/C15H20N2O4.C15H22N2O2.C9H8ClNO4.C7H4ClNO4/c1-2-21-15(18)11-8-9-13(14(10-11)17(19)20)16-12-6-4-3-5-7-12;1-2-19-15(18)11-8-9-14(13(16)10-11)17-12-6-4-3-5-7-12;1-2-15-9(12)6-3-4-7(10)8(5-6)11(13)14;8-5-2-1-4(7(10)11)3-6(5)9(12)13/h8-10,12,16H,2-7H2,1H3;8-10,12,17H,2-7,16H2,1H3;3-5H,2H2,1H3;1-3H,(H,10,11). The zero-order valence-electron chi connectivity index (χ0n) is 37.7. The largest absolute Gasteiger partial charge is 0.478 e. The van der Waals surface area contributed by atoms with Crippen LogP contribution in [0.3, 0.4) is 0 Å². The number of nitro groups is 3. The van der Waals surface area contributed by atoms with Crippen LogP contribution in [0.2, 0.25) is 10.0 Å². The van der Waals surface area contributed by atoms with E-state index in [0.717, 1.165) is 43.5 Å². The van der Waals surface area contributed by atoms with E-state index < -0.39 is 38.4 Å². The van der Waals surface area contributed by atoms with Crippen molar-refractivity contribution in [2.45, 2.75) is 97.1 Å². The van der Waals surface area contributed by atoms with Crippen LogP contribution in [-0.2, 0) is 14.2 Å². The van der Waals surface area contributed by atoms with Crippen LogP contribution in [0.15, 0.2) is 72.8 Å². The van der Waals surface area contributed by atoms with Gasteiger partial charge in [0.2, 0.25) is 0 Å². The summed E-state index contributed by atoms with van der Waals surface area (Å²) in [6, 6.07) is 17.6. The van der Waals surface area contributed by atoms with Gasteiger partial charge in [-0.3, -0.25) is 30.3 Å². The minimum Gasteiger partial charge on any atom is -0.478 e. The molecule has 0 atom stereocenters. The lowest BCUT2D eigenvalue weighted by Gasteiger charge is -2.24. The Kier molecular flexibility index (Phi) is 22.9. The Morgan fingerprint density at radius 1 is 0.559 bits per heavy atom. The summed E-state index contributed by atoms with van der Waals surface area (Å²) in [5.74, 6) is -2.68. The van der Waals surface area contributed by atoms with Gasteiger partial charge in [0, 0.05) is 30.3 Å². The van der Waals surface area contributed by atoms with Crippen LogP contribution in [0.25, 0.3) is 0 Å². The predicted octanol–water partition coefficient (Wildman–Crippen LogP) is 11.1. The number of carbonyl (C=O) groups excluding carboxylic acids is 3. The molecule has 0 spiro atoms. The summed E-state index contributed by atoms with van der Waals surface area (Å²) >= 11 is 11.0. The van der Waals surface area contributed by atoms with E-state index in [9.17, 15) is 49.5 Å². The average Bonchev–Trinajstić information content (AvgIpc) is 3.31. The number of esters is 3. The highest BCUT2D eigenvalue weighted by Gasteiger charge is 2.22. The SMILES string of the molecule is CCOC(=O)c1ccc(Cl)c([N+](=O)[O-])c1.CCOC(=O)c1ccc(NC2CCCCC2)c(N)c1.CCOC(=O)c1ccc(NC2CCCCC2)c([N+](=O)[O-])c1.O=C(O)c1ccc(Cl)c([N+](=O)[O-])c1. The summed E-state index contributed by atoms with van der Waals surface area (Å²) in [5, 5.41) is 47.2. The third kappa shape index (κ3) is 17.6. The maximum absolute atomic E-state index is 11.7. The zero-order valence-corrected chi connectivity index (χ0v) is 39.2. The number of ether oxygens (including phenoxy) is 3. The van der Waals surface area contributed by atoms with E-state index in [1.165, 1.54) is 68.9 Å². The quantitative estimate of drug-likeness (QED) is 0.0300. The second-order valence-corrected chi connectivity index (χ2v) is 15.9. The molecule has 0 saturated heterocycles. The number of nitrogens with two attached hydrogens (primary N) is 1. The van der Waals surface area contributed by atoms with Gasteiger partial charge >= 0.3 is 23.9 Å². The van der Waals surface area contributed by atoms with E-state index in [2.05, 4.69) is 10.6 Å². The summed E-state index contributed by atoms with van der Waals surface area (Å²) < 4.78 is 14.5. The number of aromatic carboxylic acids is 1. The summed E-state index contributed by atoms with van der Waals surface area (Å²) in [4.78, 5) is 75.1. The third-order valence-corrected chi connectivity index (χ3v) is 10.9. The second kappa shape index (κ2) is 28.2. The number of hydrogen-bond acceptors (Lipinski definition) is 16. The van der Waals surface area contributed by atoms with E-state index in [4.69, 9.17) is 48.3 Å². The lowest BCUT2D eigenvalue weighted by atomic mass is 9.95. The Morgan fingerprint density at radius 2 is 0.897 bits per heavy atom. The molecular weight excluding hydrogens is 931 g/mol. The Morgan fingerprint density at radius 3 is 1.28 bits per heavy atom. The molecule has 0 aliphatic heterocycles. The molecule has 2 fully saturated rings. The number of nitrogens with zero attached hydrogens (tertiary/aromatic N) is 3. The topological polar surface area (TPSA) is 296 Å². The van der Waals surface area contributed by atoms with Gasteiger partial charge in [0.25, 0.3) is 17.1 Å². The fourth-order valence-corrected chi connectivity index (χ4v) is 7.27. The molecule has 4 aromatic carbocycles. The van der Waals surface area contributed by atoms with Crippen LogP contribution in [0.1, 0.15) is 126 Å². The van der Waals surface area contributed by atoms with Gasteiger partial charge in [0.15, 0.2) is 0 Å². The van der Waals surface area contributed by atoms with Crippen molar-refractivity contribution in [1.29, 1.82) is 0 Å². The van der Waals surface area contributed by atoms with Crippen LogP contribution in [0.4, 0.5) is 34.1 Å². The van der Waals surface area contributed by atoms with E-state index in [1.54, 1.807) is 45.0 Å². The molecule has 20 nitrogen and oxygen atoms in total. The molecule has 68 heavy (non-hydrogen) atoms. The number of nitro benzene ring substituents is 3. The number of carboxylic acid groups (broad SMARTS) is 1. The molecule has 2 aliphatic rings. The molecule has 22 heteroatoms. The number of rotatable bonds is 14. The second-order valence-electron chi connectivity index (χ2n) is 15.1. The number of nitrogen functional groups attached to an aromatic ring is 1. The fraction of sp³-hybridized carbons (Fsp3) is 0.391. The molecule has 366 valence electrons. The lowest BCUT2D eigenvalue weighted by molar-refractivity contribution is -0.384. The maximum atomic E-state index is 11.7. The summed E-state index contributed by atoms with van der Waals surface area (Å²) in [6.45, 7) is 5.98. The summed E-state index contributed by atoms with van der Waals surface area (Å²) in [6.07, 6.45) is 11.8. The first-order valence-electron chi connectivity index (χ1n) is 21.7. The number of carbonyl (C=O) groups is 4. The van der Waals surface area contributed by atoms with Crippen molar-refractivity contribution < 1.29 is 53.3 Å². The van der Waals surface area contributed by atoms with Gasteiger partial charge in [-0.2, -0.15) is 0 Å². The number of benzene rings is 4. The van der Waals surface area contributed by atoms with Crippen LogP contribution in [0, 0.1) is 30.3 Å². The van der Waals surface area contributed by atoms with Crippen LogP contribution in [0.5, 0.6) is 0 Å². The first-order chi connectivity index (χ1) is 32.4. The van der Waals surface area contributed by atoms with Crippen molar-refractivity contribution in [2.75, 3.05) is 36.2 Å². The minimum atomic E-state index is -1.22. The van der Waals surface area contributed by atoms with E-state index >= 15 is 0 Å². The fourth-order valence-electron chi connectivity index (χ4n) is 6.89. The zero-order chi connectivity index (χ0) is 50.3. The van der Waals surface area contributed by atoms with Gasteiger partial charge in [-0.25, -0.2) is 19.2 Å². The normalized spacial score (nSPS) is 13.2. The molecule has 0 unspecified atom stereocenters. The van der Waals surface area contributed by atoms with Gasteiger partial charge in [0.05, 0.1) is 68.2 Å².